The largest absolute Gasteiger partial charge is 0.416 e. The van der Waals surface area contributed by atoms with Crippen molar-refractivity contribution in [2.75, 3.05) is 26.2 Å². The highest BCUT2D eigenvalue weighted by molar-refractivity contribution is 7.12. The minimum atomic E-state index is -4.34. The predicted molar refractivity (Wildman–Crippen MR) is 91.4 cm³/mol. The van der Waals surface area contributed by atoms with Gasteiger partial charge in [0.2, 0.25) is 0 Å². The number of aryl methyl sites for hydroxylation is 1. The third-order valence-electron chi connectivity index (χ3n) is 4.33. The molecule has 130 valence electrons. The van der Waals surface area contributed by atoms with E-state index in [1.807, 2.05) is 19.1 Å². The smallest absolute Gasteiger partial charge is 0.315 e. The highest BCUT2D eigenvalue weighted by atomic mass is 32.1. The zero-order valence-corrected chi connectivity index (χ0v) is 14.4. The van der Waals surface area contributed by atoms with Crippen molar-refractivity contribution in [3.63, 3.8) is 0 Å². The van der Waals surface area contributed by atoms with E-state index in [-0.39, 0.29) is 6.04 Å². The first kappa shape index (κ1) is 17.5. The number of nitrogens with one attached hydrogen (secondary N) is 1. The molecule has 1 unspecified atom stereocenters. The Labute approximate surface area is 144 Å². The average molecular weight is 354 g/mol. The number of rotatable bonds is 3. The molecular weight excluding hydrogens is 333 g/mol. The van der Waals surface area contributed by atoms with Gasteiger partial charge in [0.25, 0.3) is 0 Å². The van der Waals surface area contributed by atoms with Crippen LogP contribution in [-0.4, -0.2) is 31.1 Å². The van der Waals surface area contributed by atoms with Crippen LogP contribution >= 0.6 is 11.3 Å². The van der Waals surface area contributed by atoms with E-state index in [0.717, 1.165) is 42.4 Å². The van der Waals surface area contributed by atoms with E-state index in [1.165, 1.54) is 12.1 Å². The molecule has 1 aromatic carbocycles. The van der Waals surface area contributed by atoms with Gasteiger partial charge in [0.05, 0.1) is 11.6 Å². The molecule has 24 heavy (non-hydrogen) atoms. The number of hydrogen-bond donors (Lipinski definition) is 1. The molecule has 2 nitrogen and oxygen atoms in total. The molecule has 0 bridgehead atoms. The lowest BCUT2D eigenvalue weighted by molar-refractivity contribution is -0.138. The van der Waals surface area contributed by atoms with E-state index in [9.17, 15) is 13.2 Å². The summed E-state index contributed by atoms with van der Waals surface area (Å²) in [7, 11) is 0. The van der Waals surface area contributed by atoms with Gasteiger partial charge in [-0.1, -0.05) is 18.2 Å². The second-order valence-electron chi connectivity index (χ2n) is 6.08. The Morgan fingerprint density at radius 3 is 2.58 bits per heavy atom. The highest BCUT2D eigenvalue weighted by Crippen LogP contribution is 2.40. The van der Waals surface area contributed by atoms with Gasteiger partial charge in [-0.15, -0.1) is 11.3 Å². The van der Waals surface area contributed by atoms with Gasteiger partial charge >= 0.3 is 6.18 Å². The molecule has 1 atom stereocenters. The molecule has 6 heteroatoms. The maximum atomic E-state index is 13.5. The summed E-state index contributed by atoms with van der Waals surface area (Å²) in [6.07, 6.45) is -3.40. The van der Waals surface area contributed by atoms with Crippen LogP contribution in [0.3, 0.4) is 0 Å². The van der Waals surface area contributed by atoms with Gasteiger partial charge in [0, 0.05) is 29.4 Å². The van der Waals surface area contributed by atoms with Gasteiger partial charge in [-0.2, -0.15) is 13.2 Å². The number of nitrogens with zero attached hydrogens (tertiary/aromatic N) is 1. The molecule has 1 fully saturated rings. The highest BCUT2D eigenvalue weighted by Gasteiger charge is 2.37. The fraction of sp³-hybridized carbons (Fsp3) is 0.444. The van der Waals surface area contributed by atoms with Crippen LogP contribution in [-0.2, 0) is 6.18 Å². The first-order chi connectivity index (χ1) is 11.5. The Balaban J connectivity index is 2.08. The van der Waals surface area contributed by atoms with Crippen molar-refractivity contribution in [1.82, 2.24) is 10.2 Å². The molecule has 0 amide bonds. The SMILES string of the molecule is Cc1ccc(C(c2ccccc2C(F)(F)F)N2CCCNCC2)s1. The van der Waals surface area contributed by atoms with Gasteiger partial charge in [-0.25, -0.2) is 0 Å². The molecule has 0 spiro atoms. The Morgan fingerprint density at radius 2 is 1.88 bits per heavy atom. The third-order valence-corrected chi connectivity index (χ3v) is 5.38. The zero-order valence-electron chi connectivity index (χ0n) is 13.6. The summed E-state index contributed by atoms with van der Waals surface area (Å²) >= 11 is 1.58. The Hall–Kier alpha value is -1.37. The zero-order chi connectivity index (χ0) is 17.2. The Morgan fingerprint density at radius 1 is 1.08 bits per heavy atom. The van der Waals surface area contributed by atoms with E-state index in [0.29, 0.717) is 5.56 Å². The van der Waals surface area contributed by atoms with Crippen LogP contribution in [0.15, 0.2) is 36.4 Å². The van der Waals surface area contributed by atoms with Crippen LogP contribution in [0.25, 0.3) is 0 Å². The number of halogens is 3. The van der Waals surface area contributed by atoms with Gasteiger partial charge < -0.3 is 5.32 Å². The molecule has 3 rings (SSSR count). The molecule has 0 radical (unpaired) electrons. The van der Waals surface area contributed by atoms with Crippen LogP contribution in [0, 0.1) is 6.92 Å². The standard InChI is InChI=1S/C18H21F3N2S/c1-13-7-8-16(24-13)17(23-11-4-9-22-10-12-23)14-5-2-3-6-15(14)18(19,20)21/h2-3,5-8,17,22H,4,9-12H2,1H3. The summed E-state index contributed by atoms with van der Waals surface area (Å²) in [5.74, 6) is 0. The third kappa shape index (κ3) is 3.82. The number of alkyl halides is 3. The van der Waals surface area contributed by atoms with Crippen molar-refractivity contribution >= 4 is 11.3 Å². The monoisotopic (exact) mass is 354 g/mol. The van der Waals surface area contributed by atoms with Crippen LogP contribution in [0.2, 0.25) is 0 Å². The summed E-state index contributed by atoms with van der Waals surface area (Å²) in [6, 6.07) is 9.59. The van der Waals surface area contributed by atoms with E-state index in [4.69, 9.17) is 0 Å². The first-order valence-corrected chi connectivity index (χ1v) is 8.95. The number of thiophene rings is 1. The maximum absolute atomic E-state index is 13.5. The van der Waals surface area contributed by atoms with E-state index < -0.39 is 11.7 Å². The minimum Gasteiger partial charge on any atom is -0.315 e. The minimum absolute atomic E-state index is 0.346. The fourth-order valence-electron chi connectivity index (χ4n) is 3.25. The van der Waals surface area contributed by atoms with Gasteiger partial charge in [0.15, 0.2) is 0 Å². The van der Waals surface area contributed by atoms with E-state index >= 15 is 0 Å². The quantitative estimate of drug-likeness (QED) is 0.875. The van der Waals surface area contributed by atoms with Gasteiger partial charge in [-0.05, 0) is 43.7 Å². The van der Waals surface area contributed by atoms with Crippen molar-refractivity contribution in [3.8, 4) is 0 Å². The molecule has 2 heterocycles. The van der Waals surface area contributed by atoms with Gasteiger partial charge in [0.1, 0.15) is 0 Å². The molecule has 1 aromatic heterocycles. The van der Waals surface area contributed by atoms with E-state index in [2.05, 4.69) is 10.2 Å². The van der Waals surface area contributed by atoms with Crippen molar-refractivity contribution < 1.29 is 13.2 Å². The van der Waals surface area contributed by atoms with E-state index in [1.54, 1.807) is 23.5 Å². The molecular formula is C18H21F3N2S. The lowest BCUT2D eigenvalue weighted by atomic mass is 9.97. The van der Waals surface area contributed by atoms with Crippen LogP contribution < -0.4 is 5.32 Å². The molecule has 0 saturated carbocycles. The summed E-state index contributed by atoms with van der Waals surface area (Å²) in [5, 5.41) is 3.32. The Kier molecular flexibility index (Phi) is 5.27. The summed E-state index contributed by atoms with van der Waals surface area (Å²) < 4.78 is 40.6. The Bertz CT molecular complexity index is 673. The second kappa shape index (κ2) is 7.25. The fourth-order valence-corrected chi connectivity index (χ4v) is 4.28. The second-order valence-corrected chi connectivity index (χ2v) is 7.39. The average Bonchev–Trinajstić information content (AvgIpc) is 2.80. The van der Waals surface area contributed by atoms with Crippen molar-refractivity contribution in [2.24, 2.45) is 0 Å². The maximum Gasteiger partial charge on any atom is 0.416 e. The summed E-state index contributed by atoms with van der Waals surface area (Å²) in [6.45, 7) is 5.24. The number of hydrogen-bond acceptors (Lipinski definition) is 3. The molecule has 1 N–H and O–H groups in total. The molecule has 0 aliphatic carbocycles. The van der Waals surface area contributed by atoms with Gasteiger partial charge in [-0.3, -0.25) is 4.90 Å². The van der Waals surface area contributed by atoms with Crippen LogP contribution in [0.4, 0.5) is 13.2 Å². The van der Waals surface area contributed by atoms with Crippen LogP contribution in [0.1, 0.15) is 33.3 Å². The lowest BCUT2D eigenvalue weighted by Gasteiger charge is -2.32. The molecule has 2 aromatic rings. The summed E-state index contributed by atoms with van der Waals surface area (Å²) in [5.41, 5.74) is -0.174. The lowest BCUT2D eigenvalue weighted by Crippen LogP contribution is -2.33. The summed E-state index contributed by atoms with van der Waals surface area (Å²) in [4.78, 5) is 4.27. The molecule has 1 aliphatic rings. The first-order valence-electron chi connectivity index (χ1n) is 8.14. The van der Waals surface area contributed by atoms with Crippen molar-refractivity contribution in [2.45, 2.75) is 25.6 Å². The molecule has 1 saturated heterocycles. The normalized spacial score (nSPS) is 18.3. The number of benzene rings is 1. The predicted octanol–water partition coefficient (Wildman–Crippen LogP) is 4.46. The topological polar surface area (TPSA) is 15.3 Å². The van der Waals surface area contributed by atoms with Crippen LogP contribution in [0.5, 0.6) is 0 Å². The van der Waals surface area contributed by atoms with Crippen molar-refractivity contribution in [3.05, 3.63) is 57.3 Å². The molecule has 1 aliphatic heterocycles. The van der Waals surface area contributed by atoms with Crippen molar-refractivity contribution in [1.29, 1.82) is 0 Å².